The number of hydrogen-bond acceptors (Lipinski definition) is 7. The fraction of sp³-hybridized carbons (Fsp3) is 0.429. The van der Waals surface area contributed by atoms with E-state index < -0.39 is 11.8 Å². The standard InChI is InChI=1S/C35H35Cl2FN4O5/c36-28-11-24(40-10-9-39-8-2-4-21(39)16-40)12-29(37)32(28)34(43)41-15-20-3-1-5-25(33(20)47-19-41)26-14-31(27(35(44)45)13-30(26)38)42-22-6-7-23(42)18-46-17-22/h1,3,5,11-14,21-23H,2,4,6-10,15-19H2,(H,44,45)/t21-,22?,23?/m1/s1. The lowest BCUT2D eigenvalue weighted by Gasteiger charge is -2.39. The number of carboxylic acids is 1. The van der Waals surface area contributed by atoms with Gasteiger partial charge < -0.3 is 29.3 Å². The second-order valence-electron chi connectivity index (χ2n) is 13.1. The number of piperazine rings is 1. The maximum Gasteiger partial charge on any atom is 0.337 e. The summed E-state index contributed by atoms with van der Waals surface area (Å²) in [5, 5.41) is 10.6. The summed E-state index contributed by atoms with van der Waals surface area (Å²) in [5.74, 6) is -1.74. The highest BCUT2D eigenvalue weighted by atomic mass is 35.5. The first-order valence-corrected chi connectivity index (χ1v) is 17.0. The van der Waals surface area contributed by atoms with E-state index in [2.05, 4.69) is 14.7 Å². The molecule has 0 aliphatic carbocycles. The molecule has 4 fully saturated rings. The van der Waals surface area contributed by atoms with Gasteiger partial charge in [-0.05, 0) is 56.5 Å². The van der Waals surface area contributed by atoms with Crippen molar-refractivity contribution in [3.8, 4) is 16.9 Å². The second kappa shape index (κ2) is 12.1. The quantitative estimate of drug-likeness (QED) is 0.344. The number of fused-ring (bicyclic) bond motifs is 4. The number of carbonyl (C=O) groups is 2. The highest BCUT2D eigenvalue weighted by molar-refractivity contribution is 6.40. The predicted molar refractivity (Wildman–Crippen MR) is 178 cm³/mol. The normalized spacial score (nSPS) is 23.8. The molecule has 5 heterocycles. The average Bonchev–Trinajstić information content (AvgIpc) is 3.63. The van der Waals surface area contributed by atoms with Crippen LogP contribution in [-0.4, -0.2) is 91.0 Å². The van der Waals surface area contributed by atoms with Gasteiger partial charge in [0.1, 0.15) is 11.6 Å². The maximum absolute atomic E-state index is 15.7. The van der Waals surface area contributed by atoms with Crippen molar-refractivity contribution in [3.05, 3.63) is 75.0 Å². The molecule has 0 aromatic heterocycles. The smallest absolute Gasteiger partial charge is 0.337 e. The Morgan fingerprint density at radius 2 is 1.68 bits per heavy atom. The Labute approximate surface area is 282 Å². The SMILES string of the molecule is O=C(O)c1cc(F)c(-c2cccc3c2OCN(C(=O)c2c(Cl)cc(N4CCN5CCC[C@@H]5C4)cc2Cl)C3)cc1N1C2CCC1COC2. The third-order valence-corrected chi connectivity index (χ3v) is 11.0. The van der Waals surface area contributed by atoms with Gasteiger partial charge in [0, 0.05) is 48.1 Å². The topological polar surface area (TPSA) is 85.8 Å². The molecule has 4 saturated heterocycles. The number of nitrogens with zero attached hydrogens (tertiary/aromatic N) is 4. The maximum atomic E-state index is 15.7. The molecule has 0 spiro atoms. The van der Waals surface area contributed by atoms with Crippen molar-refractivity contribution >= 4 is 46.5 Å². The number of morpholine rings is 1. The zero-order valence-electron chi connectivity index (χ0n) is 25.8. The van der Waals surface area contributed by atoms with Gasteiger partial charge in [0.05, 0.1) is 58.7 Å². The van der Waals surface area contributed by atoms with Crippen LogP contribution < -0.4 is 14.5 Å². The first-order valence-electron chi connectivity index (χ1n) is 16.2. The number of aromatic carboxylic acids is 1. The molecule has 1 amide bonds. The van der Waals surface area contributed by atoms with E-state index in [0.29, 0.717) is 41.8 Å². The number of hydrogen-bond donors (Lipinski definition) is 1. The van der Waals surface area contributed by atoms with Crippen LogP contribution in [0.25, 0.3) is 11.1 Å². The summed E-state index contributed by atoms with van der Waals surface area (Å²) in [4.78, 5) is 34.5. The van der Waals surface area contributed by atoms with Crippen molar-refractivity contribution < 1.29 is 28.6 Å². The van der Waals surface area contributed by atoms with Crippen molar-refractivity contribution in [2.24, 2.45) is 0 Å². The van der Waals surface area contributed by atoms with Crippen molar-refractivity contribution in [2.75, 3.05) is 55.9 Å². The van der Waals surface area contributed by atoms with E-state index in [1.54, 1.807) is 18.2 Å². The van der Waals surface area contributed by atoms with E-state index in [0.717, 1.165) is 50.8 Å². The molecule has 5 aliphatic rings. The van der Waals surface area contributed by atoms with Crippen LogP contribution in [-0.2, 0) is 11.3 Å². The van der Waals surface area contributed by atoms with Crippen LogP contribution in [0.4, 0.5) is 15.8 Å². The zero-order valence-corrected chi connectivity index (χ0v) is 27.3. The summed E-state index contributed by atoms with van der Waals surface area (Å²) in [7, 11) is 0. The zero-order chi connectivity index (χ0) is 32.4. The minimum Gasteiger partial charge on any atom is -0.478 e. The van der Waals surface area contributed by atoms with E-state index >= 15 is 4.39 Å². The van der Waals surface area contributed by atoms with Crippen molar-refractivity contribution in [1.82, 2.24) is 9.80 Å². The van der Waals surface area contributed by atoms with Gasteiger partial charge in [0.25, 0.3) is 5.91 Å². The van der Waals surface area contributed by atoms with E-state index in [1.807, 2.05) is 18.2 Å². The fourth-order valence-electron chi connectivity index (χ4n) is 8.12. The Morgan fingerprint density at radius 1 is 0.915 bits per heavy atom. The molecule has 246 valence electrons. The largest absolute Gasteiger partial charge is 0.478 e. The lowest BCUT2D eigenvalue weighted by Crippen LogP contribution is -2.50. The molecule has 8 rings (SSSR count). The molecule has 0 radical (unpaired) electrons. The molecule has 0 saturated carbocycles. The molecule has 12 heteroatoms. The Bertz CT molecular complexity index is 1730. The van der Waals surface area contributed by atoms with Gasteiger partial charge in [0.15, 0.2) is 6.73 Å². The van der Waals surface area contributed by atoms with Crippen LogP contribution in [0.2, 0.25) is 10.0 Å². The Morgan fingerprint density at radius 3 is 2.43 bits per heavy atom. The lowest BCUT2D eigenvalue weighted by atomic mass is 9.96. The summed E-state index contributed by atoms with van der Waals surface area (Å²) < 4.78 is 27.6. The molecule has 2 bridgehead atoms. The third kappa shape index (κ3) is 5.39. The molecule has 5 aliphatic heterocycles. The molecule has 1 N–H and O–H groups in total. The van der Waals surface area contributed by atoms with Gasteiger partial charge in [-0.15, -0.1) is 0 Å². The average molecular weight is 682 g/mol. The number of carboxylic acid groups (broad SMARTS) is 1. The van der Waals surface area contributed by atoms with Crippen molar-refractivity contribution in [3.63, 3.8) is 0 Å². The van der Waals surface area contributed by atoms with Crippen LogP contribution in [0.15, 0.2) is 42.5 Å². The van der Waals surface area contributed by atoms with Gasteiger partial charge in [-0.1, -0.05) is 41.4 Å². The third-order valence-electron chi connectivity index (χ3n) is 10.4. The summed E-state index contributed by atoms with van der Waals surface area (Å²) in [6, 6.07) is 12.3. The van der Waals surface area contributed by atoms with Crippen LogP contribution in [0.5, 0.6) is 5.75 Å². The van der Waals surface area contributed by atoms with Gasteiger partial charge >= 0.3 is 5.97 Å². The van der Waals surface area contributed by atoms with Crippen molar-refractivity contribution in [2.45, 2.75) is 50.4 Å². The monoisotopic (exact) mass is 680 g/mol. The van der Waals surface area contributed by atoms with Gasteiger partial charge in [-0.2, -0.15) is 0 Å². The highest BCUT2D eigenvalue weighted by Crippen LogP contribution is 2.43. The molecule has 9 nitrogen and oxygen atoms in total. The second-order valence-corrected chi connectivity index (χ2v) is 13.9. The van der Waals surface area contributed by atoms with Gasteiger partial charge in [-0.3, -0.25) is 9.69 Å². The van der Waals surface area contributed by atoms with Gasteiger partial charge in [0.2, 0.25) is 0 Å². The molecule has 3 atom stereocenters. The van der Waals surface area contributed by atoms with Crippen LogP contribution >= 0.6 is 23.2 Å². The first kappa shape index (κ1) is 30.7. The van der Waals surface area contributed by atoms with Gasteiger partial charge in [-0.25, -0.2) is 9.18 Å². The minimum absolute atomic E-state index is 0.0379. The van der Waals surface area contributed by atoms with Crippen molar-refractivity contribution in [1.29, 1.82) is 0 Å². The summed E-state index contributed by atoms with van der Waals surface area (Å²) in [6.45, 7) is 5.06. The van der Waals surface area contributed by atoms with E-state index in [-0.39, 0.29) is 58.0 Å². The van der Waals surface area contributed by atoms with Crippen LogP contribution in [0.1, 0.15) is 52.0 Å². The Kier molecular flexibility index (Phi) is 7.95. The van der Waals surface area contributed by atoms with E-state index in [1.165, 1.54) is 17.7 Å². The number of ether oxygens (including phenoxy) is 2. The number of rotatable bonds is 5. The number of para-hydroxylation sites is 1. The highest BCUT2D eigenvalue weighted by Gasteiger charge is 2.40. The molecular weight excluding hydrogens is 646 g/mol. The van der Waals surface area contributed by atoms with Crippen LogP contribution in [0, 0.1) is 5.82 Å². The summed E-state index contributed by atoms with van der Waals surface area (Å²) >= 11 is 13.5. The lowest BCUT2D eigenvalue weighted by molar-refractivity contribution is 0.0516. The number of carbonyl (C=O) groups excluding carboxylic acids is 1. The Balaban J connectivity index is 1.06. The Hall–Kier alpha value is -3.57. The molecule has 2 unspecified atom stereocenters. The number of anilines is 2. The molecule has 47 heavy (non-hydrogen) atoms. The summed E-state index contributed by atoms with van der Waals surface area (Å²) in [5.41, 5.74) is 2.96. The number of amides is 1. The van der Waals surface area contributed by atoms with Crippen LogP contribution in [0.3, 0.4) is 0 Å². The minimum atomic E-state index is -1.18. The molecule has 3 aromatic rings. The van der Waals surface area contributed by atoms with E-state index in [4.69, 9.17) is 32.7 Å². The molecular formula is C35H35Cl2FN4O5. The first-order chi connectivity index (χ1) is 22.8. The predicted octanol–water partition coefficient (Wildman–Crippen LogP) is 6.14. The number of benzene rings is 3. The summed E-state index contributed by atoms with van der Waals surface area (Å²) in [6.07, 6.45) is 4.18. The molecule has 3 aromatic carbocycles. The number of halogens is 3. The fourth-order valence-corrected chi connectivity index (χ4v) is 8.76. The van der Waals surface area contributed by atoms with E-state index in [9.17, 15) is 14.7 Å².